The van der Waals surface area contributed by atoms with Crippen LogP contribution in [-0.4, -0.2) is 37.8 Å². The molecular formula is C19H26N2O3S. The fourth-order valence-electron chi connectivity index (χ4n) is 3.00. The highest BCUT2D eigenvalue weighted by atomic mass is 32.2. The van der Waals surface area contributed by atoms with Crippen LogP contribution in [0.1, 0.15) is 31.1 Å². The van der Waals surface area contributed by atoms with E-state index in [1.165, 1.54) is 36.8 Å². The zero-order chi connectivity index (χ0) is 18.0. The summed E-state index contributed by atoms with van der Waals surface area (Å²) in [5.74, 6) is 1.41. The van der Waals surface area contributed by atoms with Crippen molar-refractivity contribution in [3.8, 4) is 0 Å². The van der Waals surface area contributed by atoms with Crippen molar-refractivity contribution in [1.29, 1.82) is 0 Å². The number of rotatable bonds is 8. The van der Waals surface area contributed by atoms with Crippen molar-refractivity contribution in [3.63, 3.8) is 0 Å². The Morgan fingerprint density at radius 3 is 2.36 bits per heavy atom. The minimum Gasteiger partial charge on any atom is -0.447 e. The number of benzene rings is 1. The molecule has 0 saturated heterocycles. The van der Waals surface area contributed by atoms with E-state index in [1.54, 1.807) is 12.1 Å². The summed E-state index contributed by atoms with van der Waals surface area (Å²) in [5, 5.41) is 0.00577. The molecule has 136 valence electrons. The lowest BCUT2D eigenvalue weighted by Crippen LogP contribution is -2.33. The van der Waals surface area contributed by atoms with Gasteiger partial charge >= 0.3 is 0 Å². The summed E-state index contributed by atoms with van der Waals surface area (Å²) in [5.41, 5.74) is 1.25. The van der Waals surface area contributed by atoms with Crippen LogP contribution in [0.4, 0.5) is 0 Å². The Hall–Kier alpha value is -1.63. The molecular weight excluding hydrogens is 336 g/mol. The van der Waals surface area contributed by atoms with Gasteiger partial charge in [0.2, 0.25) is 5.09 Å². The molecule has 1 atom stereocenters. The first-order valence-corrected chi connectivity index (χ1v) is 10.1. The van der Waals surface area contributed by atoms with Gasteiger partial charge in [0, 0.05) is 26.7 Å². The maximum atomic E-state index is 12.2. The molecule has 0 unspecified atom stereocenters. The van der Waals surface area contributed by atoms with Crippen molar-refractivity contribution < 1.29 is 12.8 Å². The first kappa shape index (κ1) is 18.2. The molecule has 1 saturated carbocycles. The first-order valence-electron chi connectivity index (χ1n) is 8.67. The molecule has 2 aromatic rings. The van der Waals surface area contributed by atoms with E-state index in [0.29, 0.717) is 18.3 Å². The highest BCUT2D eigenvalue weighted by Crippen LogP contribution is 2.36. The molecule has 1 aliphatic rings. The monoisotopic (exact) mass is 362 g/mol. The predicted molar refractivity (Wildman–Crippen MR) is 97.5 cm³/mol. The third kappa shape index (κ3) is 4.32. The fourth-order valence-corrected chi connectivity index (χ4v) is 3.81. The van der Waals surface area contributed by atoms with Crippen LogP contribution in [0, 0.1) is 5.92 Å². The van der Waals surface area contributed by atoms with Crippen molar-refractivity contribution in [2.45, 2.75) is 44.0 Å². The van der Waals surface area contributed by atoms with Gasteiger partial charge in [-0.2, -0.15) is 0 Å². The van der Waals surface area contributed by atoms with Crippen LogP contribution in [0.3, 0.4) is 0 Å². The number of hydrogen-bond acceptors (Lipinski definition) is 4. The molecule has 0 radical (unpaired) electrons. The van der Waals surface area contributed by atoms with E-state index in [2.05, 4.69) is 24.0 Å². The molecule has 0 amide bonds. The van der Waals surface area contributed by atoms with Crippen molar-refractivity contribution in [2.75, 3.05) is 14.1 Å². The number of nitrogens with zero attached hydrogens (tertiary/aromatic N) is 2. The van der Waals surface area contributed by atoms with E-state index in [-0.39, 0.29) is 5.09 Å². The van der Waals surface area contributed by atoms with Crippen LogP contribution >= 0.6 is 0 Å². The van der Waals surface area contributed by atoms with Crippen molar-refractivity contribution >= 4 is 10.0 Å². The summed E-state index contributed by atoms with van der Waals surface area (Å²) in [6.45, 7) is 3.69. The Morgan fingerprint density at radius 2 is 1.76 bits per heavy atom. The molecule has 1 aromatic heterocycles. The quantitative estimate of drug-likeness (QED) is 0.723. The lowest BCUT2D eigenvalue weighted by atomic mass is 10.1. The Bertz CT molecular complexity index is 795. The smallest absolute Gasteiger partial charge is 0.275 e. The number of hydrogen-bond donors (Lipinski definition) is 0. The van der Waals surface area contributed by atoms with Gasteiger partial charge in [0.25, 0.3) is 10.0 Å². The van der Waals surface area contributed by atoms with Crippen molar-refractivity contribution in [2.24, 2.45) is 5.92 Å². The van der Waals surface area contributed by atoms with Crippen molar-refractivity contribution in [3.05, 3.63) is 53.8 Å². The number of furan rings is 1. The van der Waals surface area contributed by atoms with Gasteiger partial charge in [-0.1, -0.05) is 30.3 Å². The van der Waals surface area contributed by atoms with E-state index in [1.807, 2.05) is 18.2 Å². The van der Waals surface area contributed by atoms with Crippen LogP contribution in [0.5, 0.6) is 0 Å². The summed E-state index contributed by atoms with van der Waals surface area (Å²) < 4.78 is 31.2. The molecule has 0 N–H and O–H groups in total. The Balaban J connectivity index is 1.77. The van der Waals surface area contributed by atoms with E-state index in [0.717, 1.165) is 12.5 Å². The molecule has 1 fully saturated rings. The third-order valence-corrected chi connectivity index (χ3v) is 6.53. The lowest BCUT2D eigenvalue weighted by Gasteiger charge is -2.28. The molecule has 5 nitrogen and oxygen atoms in total. The summed E-state index contributed by atoms with van der Waals surface area (Å²) in [4.78, 5) is 2.37. The molecule has 1 aliphatic carbocycles. The van der Waals surface area contributed by atoms with Crippen LogP contribution in [0.25, 0.3) is 0 Å². The van der Waals surface area contributed by atoms with E-state index in [4.69, 9.17) is 4.42 Å². The van der Waals surface area contributed by atoms with Crippen LogP contribution in [-0.2, 0) is 23.1 Å². The van der Waals surface area contributed by atoms with Gasteiger partial charge in [0.15, 0.2) is 0 Å². The van der Waals surface area contributed by atoms with E-state index >= 15 is 0 Å². The second-order valence-corrected chi connectivity index (χ2v) is 9.06. The molecule has 6 heteroatoms. The highest BCUT2D eigenvalue weighted by Gasteiger charge is 2.32. The lowest BCUT2D eigenvalue weighted by molar-refractivity contribution is 0.155. The molecule has 0 bridgehead atoms. The predicted octanol–water partition coefficient (Wildman–Crippen LogP) is 3.33. The maximum Gasteiger partial charge on any atom is 0.275 e. The summed E-state index contributed by atoms with van der Waals surface area (Å²) in [6.07, 6.45) is 2.54. The summed E-state index contributed by atoms with van der Waals surface area (Å²) in [7, 11) is -0.510. The van der Waals surface area contributed by atoms with Gasteiger partial charge in [-0.3, -0.25) is 4.90 Å². The summed E-state index contributed by atoms with van der Waals surface area (Å²) in [6, 6.07) is 14.1. The van der Waals surface area contributed by atoms with Gasteiger partial charge in [-0.25, -0.2) is 12.7 Å². The van der Waals surface area contributed by atoms with E-state index in [9.17, 15) is 8.42 Å². The second kappa shape index (κ2) is 7.32. The minimum absolute atomic E-state index is 0.00577. The van der Waals surface area contributed by atoms with Gasteiger partial charge in [-0.15, -0.1) is 0 Å². The zero-order valence-electron chi connectivity index (χ0n) is 15.1. The fraction of sp³-hybridized carbons (Fsp3) is 0.474. The van der Waals surface area contributed by atoms with Crippen LogP contribution in [0.2, 0.25) is 0 Å². The average Bonchev–Trinajstić information content (AvgIpc) is 3.33. The van der Waals surface area contributed by atoms with Gasteiger partial charge in [-0.05, 0) is 43.4 Å². The molecule has 25 heavy (non-hydrogen) atoms. The number of sulfonamides is 1. The first-order chi connectivity index (χ1) is 11.9. The van der Waals surface area contributed by atoms with Gasteiger partial charge in [0.1, 0.15) is 5.76 Å². The van der Waals surface area contributed by atoms with Gasteiger partial charge < -0.3 is 4.42 Å². The van der Waals surface area contributed by atoms with Gasteiger partial charge in [0.05, 0.1) is 6.54 Å². The standard InChI is InChI=1S/C19H26N2O3S/c1-15(17-9-10-17)21(13-16-7-5-4-6-8-16)14-18-11-12-19(24-18)25(22,23)20(2)3/h4-8,11-12,15,17H,9-10,13-14H2,1-3H3/t15-/m0/s1. The zero-order valence-corrected chi connectivity index (χ0v) is 15.9. The van der Waals surface area contributed by atoms with Crippen LogP contribution in [0.15, 0.2) is 52.0 Å². The topological polar surface area (TPSA) is 53.8 Å². The molecule has 1 aromatic carbocycles. The van der Waals surface area contributed by atoms with E-state index < -0.39 is 10.0 Å². The largest absolute Gasteiger partial charge is 0.447 e. The Labute approximate surface area is 150 Å². The van der Waals surface area contributed by atoms with Crippen LogP contribution < -0.4 is 0 Å². The molecule has 0 spiro atoms. The third-order valence-electron chi connectivity index (χ3n) is 4.84. The minimum atomic E-state index is -3.53. The SMILES string of the molecule is C[C@@H](C1CC1)N(Cc1ccccc1)Cc1ccc(S(=O)(=O)N(C)C)o1. The molecule has 3 rings (SSSR count). The average molecular weight is 362 g/mol. The second-order valence-electron chi connectivity index (χ2n) is 6.98. The molecule has 1 heterocycles. The van der Waals surface area contributed by atoms with Crippen molar-refractivity contribution in [1.82, 2.24) is 9.21 Å². The summed E-state index contributed by atoms with van der Waals surface area (Å²) >= 11 is 0. The Kier molecular flexibility index (Phi) is 5.32. The maximum absolute atomic E-state index is 12.2. The normalized spacial score (nSPS) is 16.5. The Morgan fingerprint density at radius 1 is 1.08 bits per heavy atom. The highest BCUT2D eigenvalue weighted by molar-refractivity contribution is 7.88. The molecule has 0 aliphatic heterocycles.